The Balaban J connectivity index is 1.73. The van der Waals surface area contributed by atoms with Crippen LogP contribution in [0.1, 0.15) is 95.9 Å². The van der Waals surface area contributed by atoms with Crippen molar-refractivity contribution in [1.29, 1.82) is 0 Å². The van der Waals surface area contributed by atoms with Crippen molar-refractivity contribution in [3.8, 4) is 0 Å². The van der Waals surface area contributed by atoms with Crippen LogP contribution in [0, 0.1) is 29.1 Å². The van der Waals surface area contributed by atoms with E-state index in [2.05, 4.69) is 110 Å². The predicted octanol–water partition coefficient (Wildman–Crippen LogP) is 11.0. The average molecular weight is 517 g/mol. The zero-order valence-corrected chi connectivity index (χ0v) is 25.7. The molecule has 0 saturated carbocycles. The van der Waals surface area contributed by atoms with Crippen molar-refractivity contribution in [1.82, 2.24) is 0 Å². The Kier molecular flexibility index (Phi) is 6.65. The molecule has 0 N–H and O–H groups in total. The maximum atomic E-state index is 4.86. The van der Waals surface area contributed by atoms with Gasteiger partial charge >= 0.3 is 0 Å². The zero-order chi connectivity index (χ0) is 28.5. The Labute approximate surface area is 238 Å². The lowest BCUT2D eigenvalue weighted by molar-refractivity contribution is -0.0299. The SMILES string of the molecule is C=C(C)C1=C(C)C[C@@]2(C)[C@H](C)[C@]3(C)C(=C(C)[C@@]2(C)C1=C)C(=C)c1c(C)cccc1[C@H]3CCCc1ccccc1. The zero-order valence-electron chi connectivity index (χ0n) is 25.7. The van der Waals surface area contributed by atoms with Crippen LogP contribution >= 0.6 is 0 Å². The van der Waals surface area contributed by atoms with Gasteiger partial charge in [-0.1, -0.05) is 113 Å². The van der Waals surface area contributed by atoms with Gasteiger partial charge in [0.2, 0.25) is 0 Å². The van der Waals surface area contributed by atoms with Gasteiger partial charge in [-0.2, -0.15) is 0 Å². The van der Waals surface area contributed by atoms with E-state index in [9.17, 15) is 0 Å². The largest absolute Gasteiger partial charge is 0.0955 e. The topological polar surface area (TPSA) is 0 Å². The van der Waals surface area contributed by atoms with Crippen LogP contribution in [0.15, 0.2) is 102 Å². The van der Waals surface area contributed by atoms with Crippen molar-refractivity contribution in [2.24, 2.45) is 22.2 Å². The molecule has 0 fully saturated rings. The third kappa shape index (κ3) is 3.63. The van der Waals surface area contributed by atoms with Gasteiger partial charge in [-0.05, 0) is 115 Å². The summed E-state index contributed by atoms with van der Waals surface area (Å²) in [6, 6.07) is 17.9. The van der Waals surface area contributed by atoms with Crippen molar-refractivity contribution in [2.75, 3.05) is 0 Å². The van der Waals surface area contributed by atoms with Gasteiger partial charge in [-0.25, -0.2) is 0 Å². The van der Waals surface area contributed by atoms with Crippen molar-refractivity contribution < 1.29 is 0 Å². The van der Waals surface area contributed by atoms with E-state index in [-0.39, 0.29) is 16.2 Å². The Morgan fingerprint density at radius 3 is 2.26 bits per heavy atom. The Morgan fingerprint density at radius 1 is 0.949 bits per heavy atom. The summed E-state index contributed by atoms with van der Waals surface area (Å²) in [6.45, 7) is 33.4. The minimum absolute atomic E-state index is 0.00576. The summed E-state index contributed by atoms with van der Waals surface area (Å²) in [5.74, 6) is 0.891. The van der Waals surface area contributed by atoms with Crippen molar-refractivity contribution >= 4 is 5.57 Å². The first-order valence-corrected chi connectivity index (χ1v) is 14.9. The molecule has 0 spiro atoms. The van der Waals surface area contributed by atoms with E-state index >= 15 is 0 Å². The van der Waals surface area contributed by atoms with Crippen molar-refractivity contribution in [3.05, 3.63) is 124 Å². The minimum Gasteiger partial charge on any atom is -0.0955 e. The number of benzene rings is 2. The summed E-state index contributed by atoms with van der Waals surface area (Å²) >= 11 is 0. The van der Waals surface area contributed by atoms with Crippen LogP contribution < -0.4 is 0 Å². The van der Waals surface area contributed by atoms with E-state index in [1.165, 1.54) is 68.5 Å². The number of hydrogen-bond donors (Lipinski definition) is 0. The fourth-order valence-corrected chi connectivity index (χ4v) is 9.54. The van der Waals surface area contributed by atoms with E-state index in [0.29, 0.717) is 11.8 Å². The smallest absolute Gasteiger partial charge is 0.0196 e. The maximum Gasteiger partial charge on any atom is 0.0196 e. The number of fused-ring (bicyclic) bond motifs is 3. The van der Waals surface area contributed by atoms with Crippen molar-refractivity contribution in [3.63, 3.8) is 0 Å². The lowest BCUT2D eigenvalue weighted by atomic mass is 9.36. The van der Waals surface area contributed by atoms with Crippen LogP contribution in [0.2, 0.25) is 0 Å². The predicted molar refractivity (Wildman–Crippen MR) is 170 cm³/mol. The van der Waals surface area contributed by atoms with E-state index in [0.717, 1.165) is 18.4 Å². The van der Waals surface area contributed by atoms with Gasteiger partial charge in [0.15, 0.2) is 0 Å². The lowest BCUT2D eigenvalue weighted by Gasteiger charge is -2.67. The Morgan fingerprint density at radius 2 is 1.62 bits per heavy atom. The molecule has 2 aromatic rings. The molecule has 3 aliphatic carbocycles. The highest BCUT2D eigenvalue weighted by Crippen LogP contribution is 2.74. The van der Waals surface area contributed by atoms with E-state index in [1.807, 2.05) is 0 Å². The molecule has 3 aliphatic rings. The van der Waals surface area contributed by atoms with Gasteiger partial charge in [0.25, 0.3) is 0 Å². The molecule has 5 rings (SSSR count). The summed E-state index contributed by atoms with van der Waals surface area (Å²) in [7, 11) is 0. The molecule has 0 unspecified atom stereocenters. The molecule has 0 aliphatic heterocycles. The summed E-state index contributed by atoms with van der Waals surface area (Å²) in [6.07, 6.45) is 4.56. The van der Waals surface area contributed by atoms with E-state index in [4.69, 9.17) is 13.2 Å². The van der Waals surface area contributed by atoms with Gasteiger partial charge in [0, 0.05) is 10.8 Å². The molecule has 0 amide bonds. The number of aryl methyl sites for hydroxylation is 2. The first kappa shape index (κ1) is 27.7. The van der Waals surface area contributed by atoms with Crippen molar-refractivity contribution in [2.45, 2.75) is 87.0 Å². The Hall–Kier alpha value is -2.86. The molecule has 0 heteroatoms. The fourth-order valence-electron chi connectivity index (χ4n) is 9.54. The third-order valence-corrected chi connectivity index (χ3v) is 11.9. The number of allylic oxidation sites excluding steroid dienone is 7. The average Bonchev–Trinajstić information content (AvgIpc) is 2.88. The molecule has 0 bridgehead atoms. The standard InChI is InChI=1S/C39H48/c1-24(2)34-26(4)23-37(9)30(8)38(10)33(22-16-20-31-18-13-12-14-19-31)32-21-15-17-25(3)35(32)27(5)36(38)29(7)39(37,11)28(34)6/h12-15,17-19,21,30,33H,1,5-6,16,20,22-23H2,2-4,7-11H3/t30-,33+,37-,38-,39+/m0/s1. The Bertz CT molecular complexity index is 1440. The van der Waals surface area contributed by atoms with E-state index in [1.54, 1.807) is 0 Å². The van der Waals surface area contributed by atoms with Crippen LogP contribution in [0.4, 0.5) is 0 Å². The second-order valence-electron chi connectivity index (χ2n) is 13.6. The molecule has 0 radical (unpaired) electrons. The van der Waals surface area contributed by atoms with Gasteiger partial charge < -0.3 is 0 Å². The second-order valence-corrected chi connectivity index (χ2v) is 13.6. The number of hydrogen-bond acceptors (Lipinski definition) is 0. The lowest BCUT2D eigenvalue weighted by Crippen LogP contribution is -2.58. The second kappa shape index (κ2) is 9.36. The van der Waals surface area contributed by atoms with Gasteiger partial charge in [-0.15, -0.1) is 0 Å². The minimum atomic E-state index is -0.146. The van der Waals surface area contributed by atoms with Crippen LogP contribution in [0.5, 0.6) is 0 Å². The fraction of sp³-hybridized carbons (Fsp3) is 0.436. The molecule has 5 atom stereocenters. The highest BCUT2D eigenvalue weighted by molar-refractivity contribution is 5.87. The first-order valence-electron chi connectivity index (χ1n) is 14.9. The molecular weight excluding hydrogens is 468 g/mol. The van der Waals surface area contributed by atoms with Crippen LogP contribution in [0.3, 0.4) is 0 Å². The van der Waals surface area contributed by atoms with Crippen LogP contribution in [-0.4, -0.2) is 0 Å². The molecule has 39 heavy (non-hydrogen) atoms. The number of rotatable bonds is 5. The summed E-state index contributed by atoms with van der Waals surface area (Å²) in [5.41, 5.74) is 15.0. The van der Waals surface area contributed by atoms with E-state index < -0.39 is 0 Å². The van der Waals surface area contributed by atoms with Crippen LogP contribution in [0.25, 0.3) is 5.57 Å². The molecule has 204 valence electrons. The van der Waals surface area contributed by atoms with Gasteiger partial charge in [0.05, 0.1) is 0 Å². The molecular formula is C39H48. The third-order valence-electron chi connectivity index (χ3n) is 11.9. The highest BCUT2D eigenvalue weighted by atomic mass is 14.7. The maximum absolute atomic E-state index is 4.86. The monoisotopic (exact) mass is 516 g/mol. The molecule has 0 nitrogen and oxygen atoms in total. The summed E-state index contributed by atoms with van der Waals surface area (Å²) in [4.78, 5) is 0. The van der Waals surface area contributed by atoms with Gasteiger partial charge in [-0.3, -0.25) is 0 Å². The molecule has 0 aromatic heterocycles. The molecule has 0 saturated heterocycles. The normalized spacial score (nSPS) is 32.1. The quantitative estimate of drug-likeness (QED) is 0.371. The van der Waals surface area contributed by atoms with Crippen LogP contribution in [-0.2, 0) is 6.42 Å². The summed E-state index contributed by atoms with van der Waals surface area (Å²) in [5, 5.41) is 0. The first-order chi connectivity index (χ1) is 18.3. The highest BCUT2D eigenvalue weighted by Gasteiger charge is 2.65. The summed E-state index contributed by atoms with van der Waals surface area (Å²) < 4.78 is 0. The molecule has 2 aromatic carbocycles. The molecule has 0 heterocycles. The van der Waals surface area contributed by atoms with Gasteiger partial charge in [0.1, 0.15) is 0 Å².